The third kappa shape index (κ3) is 5.52. The van der Waals surface area contributed by atoms with E-state index in [0.717, 1.165) is 12.8 Å². The van der Waals surface area contributed by atoms with E-state index in [0.29, 0.717) is 22.9 Å². The van der Waals surface area contributed by atoms with Crippen LogP contribution in [0, 0.1) is 10.8 Å². The first-order valence-electron chi connectivity index (χ1n) is 11.1. The van der Waals surface area contributed by atoms with Crippen LogP contribution in [0.4, 0.5) is 0 Å². The molecule has 0 amide bonds. The van der Waals surface area contributed by atoms with Gasteiger partial charge in [0.1, 0.15) is 5.75 Å². The summed E-state index contributed by atoms with van der Waals surface area (Å²) < 4.78 is 28.5. The summed E-state index contributed by atoms with van der Waals surface area (Å²) in [5.41, 5.74) is -1.46. The Morgan fingerprint density at radius 1 is 0.788 bits per heavy atom. The number of methoxy groups -OCH3 is 3. The van der Waals surface area contributed by atoms with Gasteiger partial charge < -0.3 is 23.7 Å². The molecular weight excluding hydrogens is 424 g/mol. The molecule has 0 aliphatic rings. The lowest BCUT2D eigenvalue weighted by molar-refractivity contribution is -0.144. The van der Waals surface area contributed by atoms with Gasteiger partial charge in [-0.15, -0.1) is 0 Å². The van der Waals surface area contributed by atoms with Crippen LogP contribution in [0.3, 0.4) is 0 Å². The van der Waals surface area contributed by atoms with Gasteiger partial charge in [-0.05, 0) is 47.1 Å². The van der Waals surface area contributed by atoms with Gasteiger partial charge >= 0.3 is 11.9 Å². The summed E-state index contributed by atoms with van der Waals surface area (Å²) >= 11 is 0. The average molecular weight is 461 g/mol. The highest BCUT2D eigenvalue weighted by Crippen LogP contribution is 2.54. The molecule has 0 aliphatic carbocycles. The molecule has 182 valence electrons. The molecule has 7 nitrogen and oxygen atoms in total. The number of esters is 2. The standard InChI is InChI=1S/C26H36O7/c1-10-11-15-26(5,6)24(28)32-19-16-13-12-14-17(29-7)18(16)20(22(31-9)21(19)30-8)33-23(27)25(2,3)4/h12-14H,10-11,15H2,1-9H3. The summed E-state index contributed by atoms with van der Waals surface area (Å²) in [6.07, 6.45) is 2.56. The maximum Gasteiger partial charge on any atom is 0.317 e. The van der Waals surface area contributed by atoms with Gasteiger partial charge in [0.05, 0.1) is 37.5 Å². The van der Waals surface area contributed by atoms with Crippen molar-refractivity contribution in [3.63, 3.8) is 0 Å². The fourth-order valence-electron chi connectivity index (χ4n) is 3.33. The van der Waals surface area contributed by atoms with Crippen molar-refractivity contribution in [3.05, 3.63) is 18.2 Å². The molecule has 0 unspecified atom stereocenters. The first kappa shape index (κ1) is 26.3. The van der Waals surface area contributed by atoms with Gasteiger partial charge in [0, 0.05) is 5.39 Å². The van der Waals surface area contributed by atoms with Crippen molar-refractivity contribution in [2.24, 2.45) is 10.8 Å². The van der Waals surface area contributed by atoms with Crippen molar-refractivity contribution in [1.82, 2.24) is 0 Å². The molecule has 2 aromatic rings. The van der Waals surface area contributed by atoms with E-state index in [4.69, 9.17) is 23.7 Å². The van der Waals surface area contributed by atoms with Gasteiger partial charge in [-0.1, -0.05) is 31.9 Å². The van der Waals surface area contributed by atoms with Gasteiger partial charge in [-0.2, -0.15) is 0 Å². The van der Waals surface area contributed by atoms with Crippen molar-refractivity contribution in [2.75, 3.05) is 21.3 Å². The molecular formula is C26H36O7. The zero-order valence-corrected chi connectivity index (χ0v) is 21.2. The molecule has 0 aliphatic heterocycles. The van der Waals surface area contributed by atoms with E-state index in [1.165, 1.54) is 21.3 Å². The van der Waals surface area contributed by atoms with E-state index in [2.05, 4.69) is 6.92 Å². The highest BCUT2D eigenvalue weighted by atomic mass is 16.6. The molecule has 0 radical (unpaired) electrons. The number of ether oxygens (including phenoxy) is 5. The predicted molar refractivity (Wildman–Crippen MR) is 128 cm³/mol. The van der Waals surface area contributed by atoms with Gasteiger partial charge in [-0.25, -0.2) is 0 Å². The van der Waals surface area contributed by atoms with Crippen LogP contribution in [0.1, 0.15) is 60.8 Å². The van der Waals surface area contributed by atoms with Crippen LogP contribution in [0.15, 0.2) is 18.2 Å². The molecule has 0 fully saturated rings. The van der Waals surface area contributed by atoms with E-state index < -0.39 is 16.8 Å². The summed E-state index contributed by atoms with van der Waals surface area (Å²) in [6.45, 7) is 11.1. The summed E-state index contributed by atoms with van der Waals surface area (Å²) in [4.78, 5) is 26.0. The molecule has 0 saturated carbocycles. The van der Waals surface area contributed by atoms with E-state index in [9.17, 15) is 9.59 Å². The number of rotatable bonds is 9. The van der Waals surface area contributed by atoms with Crippen LogP contribution >= 0.6 is 0 Å². The lowest BCUT2D eigenvalue weighted by Gasteiger charge is -2.25. The Hall–Kier alpha value is -2.96. The quantitative estimate of drug-likeness (QED) is 0.338. The zero-order valence-electron chi connectivity index (χ0n) is 21.2. The molecule has 0 heterocycles. The molecule has 0 N–H and O–H groups in total. The van der Waals surface area contributed by atoms with Crippen LogP contribution in [0.5, 0.6) is 28.7 Å². The zero-order chi connectivity index (χ0) is 25.0. The van der Waals surface area contributed by atoms with Crippen molar-refractivity contribution in [2.45, 2.75) is 60.8 Å². The number of carbonyl (C=O) groups is 2. The van der Waals surface area contributed by atoms with Crippen LogP contribution < -0.4 is 23.7 Å². The first-order chi connectivity index (χ1) is 15.4. The van der Waals surface area contributed by atoms with Gasteiger partial charge in [0.15, 0.2) is 11.5 Å². The van der Waals surface area contributed by atoms with E-state index >= 15 is 0 Å². The first-order valence-corrected chi connectivity index (χ1v) is 11.1. The molecule has 33 heavy (non-hydrogen) atoms. The number of carbonyl (C=O) groups excluding carboxylic acids is 2. The second-order valence-corrected chi connectivity index (χ2v) is 9.62. The molecule has 2 rings (SSSR count). The average Bonchev–Trinajstić information content (AvgIpc) is 2.77. The molecule has 0 saturated heterocycles. The SMILES string of the molecule is CCCCC(C)(C)C(=O)Oc1c(OC)c(OC)c(OC(=O)C(C)(C)C)c2c(OC)cccc12. The molecule has 2 aromatic carbocycles. The second kappa shape index (κ2) is 10.3. The largest absolute Gasteiger partial charge is 0.496 e. The van der Waals surface area contributed by atoms with Crippen molar-refractivity contribution in [1.29, 1.82) is 0 Å². The fourth-order valence-corrected chi connectivity index (χ4v) is 3.33. The van der Waals surface area contributed by atoms with Gasteiger partial charge in [-0.3, -0.25) is 9.59 Å². The Labute approximate surface area is 196 Å². The van der Waals surface area contributed by atoms with Crippen LogP contribution in [0.25, 0.3) is 10.8 Å². The normalized spacial score (nSPS) is 11.8. The van der Waals surface area contributed by atoms with Crippen LogP contribution in [-0.4, -0.2) is 33.3 Å². The number of unbranched alkanes of at least 4 members (excludes halogenated alkanes) is 1. The van der Waals surface area contributed by atoms with Crippen molar-refractivity contribution >= 4 is 22.7 Å². The minimum Gasteiger partial charge on any atom is -0.496 e. The number of hydrogen-bond donors (Lipinski definition) is 0. The Morgan fingerprint density at radius 3 is 1.88 bits per heavy atom. The predicted octanol–water partition coefficient (Wildman–Crippen LogP) is 5.94. The Balaban J connectivity index is 2.81. The van der Waals surface area contributed by atoms with Crippen LogP contribution in [0.2, 0.25) is 0 Å². The lowest BCUT2D eigenvalue weighted by Crippen LogP contribution is -2.29. The van der Waals surface area contributed by atoms with Gasteiger partial charge in [0.2, 0.25) is 11.5 Å². The summed E-state index contributed by atoms with van der Waals surface area (Å²) in [6, 6.07) is 5.26. The Kier molecular flexibility index (Phi) is 8.22. The molecule has 0 aromatic heterocycles. The maximum absolute atomic E-state index is 13.2. The third-order valence-electron chi connectivity index (χ3n) is 5.45. The summed E-state index contributed by atoms with van der Waals surface area (Å²) in [5.74, 6) is 0.226. The smallest absolute Gasteiger partial charge is 0.317 e. The molecule has 7 heteroatoms. The topological polar surface area (TPSA) is 80.3 Å². The summed E-state index contributed by atoms with van der Waals surface area (Å²) in [5, 5.41) is 0.952. The monoisotopic (exact) mass is 460 g/mol. The Bertz CT molecular complexity index is 1020. The van der Waals surface area contributed by atoms with Crippen molar-refractivity contribution in [3.8, 4) is 28.7 Å². The number of fused-ring (bicyclic) bond motifs is 1. The molecule has 0 bridgehead atoms. The van der Waals surface area contributed by atoms with Gasteiger partial charge in [0.25, 0.3) is 0 Å². The van der Waals surface area contributed by atoms with E-state index in [1.807, 2.05) is 13.8 Å². The lowest BCUT2D eigenvalue weighted by atomic mass is 9.87. The maximum atomic E-state index is 13.2. The Morgan fingerprint density at radius 2 is 1.36 bits per heavy atom. The van der Waals surface area contributed by atoms with E-state index in [1.54, 1.807) is 39.0 Å². The highest BCUT2D eigenvalue weighted by molar-refractivity contribution is 6.05. The van der Waals surface area contributed by atoms with E-state index in [-0.39, 0.29) is 29.0 Å². The minimum atomic E-state index is -0.763. The van der Waals surface area contributed by atoms with Crippen molar-refractivity contribution < 1.29 is 33.3 Å². The fraction of sp³-hybridized carbons (Fsp3) is 0.538. The molecule has 0 atom stereocenters. The number of benzene rings is 2. The summed E-state index contributed by atoms with van der Waals surface area (Å²) in [7, 11) is 4.39. The second-order valence-electron chi connectivity index (χ2n) is 9.62. The van der Waals surface area contributed by atoms with Crippen LogP contribution in [-0.2, 0) is 9.59 Å². The number of hydrogen-bond acceptors (Lipinski definition) is 7. The molecule has 0 spiro atoms. The minimum absolute atomic E-state index is 0.140. The third-order valence-corrected chi connectivity index (χ3v) is 5.45. The highest BCUT2D eigenvalue weighted by Gasteiger charge is 2.35.